The predicted octanol–water partition coefficient (Wildman–Crippen LogP) is 5.40. The Bertz CT molecular complexity index is 1210. The highest BCUT2D eigenvalue weighted by Crippen LogP contribution is 2.28. The van der Waals surface area contributed by atoms with Gasteiger partial charge >= 0.3 is 0 Å². The summed E-state index contributed by atoms with van der Waals surface area (Å²) in [6, 6.07) is 17.9. The monoisotopic (exact) mass is 483 g/mol. The lowest BCUT2D eigenvalue weighted by Crippen LogP contribution is -2.30. The second-order valence-electron chi connectivity index (χ2n) is 7.42. The van der Waals surface area contributed by atoms with Crippen LogP contribution in [0.3, 0.4) is 0 Å². The number of amides is 1. The third-order valence-electron chi connectivity index (χ3n) is 4.50. The summed E-state index contributed by atoms with van der Waals surface area (Å²) in [5.74, 6) is 1.26. The zero-order valence-electron chi connectivity index (χ0n) is 17.7. The second kappa shape index (κ2) is 10.3. The van der Waals surface area contributed by atoms with Gasteiger partial charge in [-0.2, -0.15) is 0 Å². The Morgan fingerprint density at radius 1 is 1.16 bits per heavy atom. The minimum Gasteiger partial charge on any atom is -0.349 e. The smallest absolute Gasteiger partial charge is 0.270 e. The minimum absolute atomic E-state index is 0.0707. The van der Waals surface area contributed by atoms with Crippen LogP contribution in [-0.4, -0.2) is 31.7 Å². The highest BCUT2D eigenvalue weighted by molar-refractivity contribution is 7.98. The number of thiazole rings is 1. The molecule has 0 spiro atoms. The molecule has 0 saturated heterocycles. The van der Waals surface area contributed by atoms with Crippen molar-refractivity contribution in [2.24, 2.45) is 0 Å². The van der Waals surface area contributed by atoms with Crippen molar-refractivity contribution in [3.05, 3.63) is 87.1 Å². The van der Waals surface area contributed by atoms with Gasteiger partial charge in [-0.1, -0.05) is 59.8 Å². The number of hydrogen-bond donors (Lipinski definition) is 1. The van der Waals surface area contributed by atoms with E-state index in [4.69, 9.17) is 11.6 Å². The lowest BCUT2D eigenvalue weighted by molar-refractivity contribution is 0.0938. The van der Waals surface area contributed by atoms with Crippen LogP contribution in [0.4, 0.5) is 0 Å². The molecule has 0 atom stereocenters. The highest BCUT2D eigenvalue weighted by atomic mass is 35.5. The van der Waals surface area contributed by atoms with E-state index in [2.05, 4.69) is 32.6 Å². The van der Waals surface area contributed by atoms with Crippen molar-refractivity contribution in [1.29, 1.82) is 0 Å². The summed E-state index contributed by atoms with van der Waals surface area (Å²) < 4.78 is 2.03. The molecule has 2 heterocycles. The number of aromatic nitrogens is 4. The van der Waals surface area contributed by atoms with E-state index < -0.39 is 0 Å². The molecule has 0 unspecified atom stereocenters. The van der Waals surface area contributed by atoms with Gasteiger partial charge in [0.25, 0.3) is 5.91 Å². The molecule has 164 valence electrons. The van der Waals surface area contributed by atoms with Crippen molar-refractivity contribution in [1.82, 2.24) is 25.1 Å². The maximum absolute atomic E-state index is 12.2. The molecule has 0 aliphatic rings. The molecule has 4 rings (SSSR count). The second-order valence-corrected chi connectivity index (χ2v) is 9.74. The van der Waals surface area contributed by atoms with Crippen LogP contribution in [0.25, 0.3) is 5.69 Å². The first-order valence-corrected chi connectivity index (χ1v) is 12.4. The first-order chi connectivity index (χ1) is 15.5. The van der Waals surface area contributed by atoms with E-state index in [0.717, 1.165) is 27.2 Å². The first-order valence-electron chi connectivity index (χ1n) is 10.1. The number of carbonyl (C=O) groups is 1. The molecule has 0 saturated carbocycles. The summed E-state index contributed by atoms with van der Waals surface area (Å²) in [5.41, 5.74) is 2.51. The summed E-state index contributed by atoms with van der Waals surface area (Å²) in [5, 5.41) is 15.8. The Kier molecular flexibility index (Phi) is 7.24. The van der Waals surface area contributed by atoms with Gasteiger partial charge in [-0.15, -0.1) is 21.5 Å². The first kappa shape index (κ1) is 22.5. The van der Waals surface area contributed by atoms with E-state index in [1.807, 2.05) is 60.9 Å². The van der Waals surface area contributed by atoms with E-state index in [0.29, 0.717) is 22.9 Å². The van der Waals surface area contributed by atoms with Crippen molar-refractivity contribution in [2.45, 2.75) is 37.2 Å². The lowest BCUT2D eigenvalue weighted by Gasteiger charge is -2.10. The number of nitrogens with zero attached hydrogens (tertiary/aromatic N) is 4. The van der Waals surface area contributed by atoms with E-state index in [1.165, 1.54) is 23.1 Å². The molecular weight excluding hydrogens is 462 g/mol. The molecule has 2 aromatic carbocycles. The fourth-order valence-electron chi connectivity index (χ4n) is 3.11. The van der Waals surface area contributed by atoms with Gasteiger partial charge in [-0.25, -0.2) is 4.98 Å². The molecule has 32 heavy (non-hydrogen) atoms. The van der Waals surface area contributed by atoms with E-state index in [1.54, 1.807) is 5.38 Å². The minimum atomic E-state index is -0.153. The van der Waals surface area contributed by atoms with Gasteiger partial charge in [0.05, 0.1) is 11.4 Å². The lowest BCUT2D eigenvalue weighted by atomic mass is 10.1. The molecule has 4 aromatic rings. The maximum Gasteiger partial charge on any atom is 0.270 e. The average molecular weight is 484 g/mol. The quantitative estimate of drug-likeness (QED) is 0.340. The van der Waals surface area contributed by atoms with Gasteiger partial charge in [-0.3, -0.25) is 9.36 Å². The fourth-order valence-corrected chi connectivity index (χ4v) is 5.05. The van der Waals surface area contributed by atoms with Gasteiger partial charge in [-0.05, 0) is 37.6 Å². The average Bonchev–Trinajstić information content (AvgIpc) is 3.40. The predicted molar refractivity (Wildman–Crippen MR) is 130 cm³/mol. The van der Waals surface area contributed by atoms with Gasteiger partial charge < -0.3 is 5.32 Å². The highest BCUT2D eigenvalue weighted by Gasteiger charge is 2.17. The van der Waals surface area contributed by atoms with Gasteiger partial charge in [0.2, 0.25) is 0 Å². The van der Waals surface area contributed by atoms with Crippen LogP contribution in [0.1, 0.15) is 40.7 Å². The third-order valence-corrected chi connectivity index (χ3v) is 6.71. The van der Waals surface area contributed by atoms with Crippen molar-refractivity contribution in [3.63, 3.8) is 0 Å². The Morgan fingerprint density at radius 2 is 1.97 bits per heavy atom. The number of benzene rings is 2. The Hall–Kier alpha value is -2.68. The summed E-state index contributed by atoms with van der Waals surface area (Å²) in [4.78, 5) is 16.7. The summed E-state index contributed by atoms with van der Waals surface area (Å²) in [6.07, 6.45) is 0.650. The molecule has 1 amide bonds. The third kappa shape index (κ3) is 5.56. The SMILES string of the molecule is CC(C)NC(=O)c1csc(CSc2nnc(Cc3ccccc3)n2-c2cccc(Cl)c2)n1. The van der Waals surface area contributed by atoms with Crippen LogP contribution >= 0.6 is 34.7 Å². The summed E-state index contributed by atoms with van der Waals surface area (Å²) in [6.45, 7) is 3.85. The molecule has 0 bridgehead atoms. The standard InChI is InChI=1S/C23H22ClN5OS2/c1-15(2)25-22(30)19-13-31-21(26-19)14-32-23-28-27-20(11-16-7-4-3-5-8-16)29(23)18-10-6-9-17(24)12-18/h3-10,12-13,15H,11,14H2,1-2H3,(H,25,30). The Morgan fingerprint density at radius 3 is 2.72 bits per heavy atom. The molecule has 0 aliphatic heterocycles. The molecule has 2 aromatic heterocycles. The van der Waals surface area contributed by atoms with Crippen molar-refractivity contribution >= 4 is 40.6 Å². The Balaban J connectivity index is 1.57. The van der Waals surface area contributed by atoms with Crippen LogP contribution in [0.15, 0.2) is 65.1 Å². The van der Waals surface area contributed by atoms with Crippen molar-refractivity contribution < 1.29 is 4.79 Å². The fraction of sp³-hybridized carbons (Fsp3) is 0.217. The maximum atomic E-state index is 12.2. The molecule has 0 radical (unpaired) electrons. The van der Waals surface area contributed by atoms with Crippen molar-refractivity contribution in [3.8, 4) is 5.69 Å². The summed E-state index contributed by atoms with van der Waals surface area (Å²) in [7, 11) is 0. The summed E-state index contributed by atoms with van der Waals surface area (Å²) >= 11 is 9.26. The topological polar surface area (TPSA) is 72.7 Å². The van der Waals surface area contributed by atoms with Crippen LogP contribution in [0.5, 0.6) is 0 Å². The molecule has 0 aliphatic carbocycles. The number of carbonyl (C=O) groups excluding carboxylic acids is 1. The molecule has 0 fully saturated rings. The number of halogens is 1. The van der Waals surface area contributed by atoms with Crippen molar-refractivity contribution in [2.75, 3.05) is 0 Å². The zero-order valence-corrected chi connectivity index (χ0v) is 20.0. The number of rotatable bonds is 8. The van der Waals surface area contributed by atoms with Gasteiger partial charge in [0, 0.05) is 22.9 Å². The van der Waals surface area contributed by atoms with Gasteiger partial charge in [0.15, 0.2) is 5.16 Å². The van der Waals surface area contributed by atoms with E-state index in [-0.39, 0.29) is 11.9 Å². The van der Waals surface area contributed by atoms with Crippen LogP contribution in [0.2, 0.25) is 5.02 Å². The molecule has 6 nitrogen and oxygen atoms in total. The normalized spacial score (nSPS) is 11.1. The zero-order chi connectivity index (χ0) is 22.5. The number of thioether (sulfide) groups is 1. The van der Waals surface area contributed by atoms with Crippen LogP contribution in [-0.2, 0) is 12.2 Å². The molecule has 9 heteroatoms. The van der Waals surface area contributed by atoms with Gasteiger partial charge in [0.1, 0.15) is 16.5 Å². The number of nitrogens with one attached hydrogen (secondary N) is 1. The molecule has 1 N–H and O–H groups in total. The largest absolute Gasteiger partial charge is 0.349 e. The van der Waals surface area contributed by atoms with Crippen LogP contribution in [0, 0.1) is 0 Å². The van der Waals surface area contributed by atoms with E-state index >= 15 is 0 Å². The Labute approximate surface area is 200 Å². The van der Waals surface area contributed by atoms with Crippen LogP contribution < -0.4 is 5.32 Å². The van der Waals surface area contributed by atoms with E-state index in [9.17, 15) is 4.79 Å². The number of hydrogen-bond acceptors (Lipinski definition) is 6. The molecular formula is C23H22ClN5OS2.